The number of para-hydroxylation sites is 1. The molecule has 0 unspecified atom stereocenters. The van der Waals surface area contributed by atoms with Crippen LogP contribution in [0.1, 0.15) is 24.2 Å². The van der Waals surface area contributed by atoms with Crippen molar-refractivity contribution in [2.45, 2.75) is 38.9 Å². The summed E-state index contributed by atoms with van der Waals surface area (Å²) < 4.78 is 8.03. The van der Waals surface area contributed by atoms with E-state index >= 15 is 0 Å². The lowest BCUT2D eigenvalue weighted by Crippen LogP contribution is -2.16. The molecule has 0 bridgehead atoms. The van der Waals surface area contributed by atoms with Crippen LogP contribution in [0, 0.1) is 6.92 Å². The van der Waals surface area contributed by atoms with Crippen LogP contribution in [0.3, 0.4) is 0 Å². The van der Waals surface area contributed by atoms with Crippen LogP contribution in [0.2, 0.25) is 0 Å². The standard InChI is InChI=1S/C16H21N3O/c1-13-17-8-9-19(13)10-11-20-16-5-3-2-4-14(16)12-18-15-6-7-15/h2-5,8-9,15,18H,6-7,10-12H2,1H3. The van der Waals surface area contributed by atoms with Gasteiger partial charge in [0.25, 0.3) is 0 Å². The molecule has 0 aliphatic heterocycles. The van der Waals surface area contributed by atoms with E-state index < -0.39 is 0 Å². The van der Waals surface area contributed by atoms with Crippen LogP contribution in [0.15, 0.2) is 36.7 Å². The zero-order valence-electron chi connectivity index (χ0n) is 11.9. The fraction of sp³-hybridized carbons (Fsp3) is 0.438. The molecule has 20 heavy (non-hydrogen) atoms. The van der Waals surface area contributed by atoms with Crippen molar-refractivity contribution in [3.63, 3.8) is 0 Å². The monoisotopic (exact) mass is 271 g/mol. The molecule has 1 aliphatic carbocycles. The fourth-order valence-electron chi connectivity index (χ4n) is 2.23. The smallest absolute Gasteiger partial charge is 0.123 e. The van der Waals surface area contributed by atoms with Gasteiger partial charge in [0.2, 0.25) is 0 Å². The lowest BCUT2D eigenvalue weighted by molar-refractivity contribution is 0.293. The van der Waals surface area contributed by atoms with Crippen LogP contribution in [0.25, 0.3) is 0 Å². The van der Waals surface area contributed by atoms with Gasteiger partial charge in [0.1, 0.15) is 18.2 Å². The molecule has 1 N–H and O–H groups in total. The van der Waals surface area contributed by atoms with Gasteiger partial charge in [-0.05, 0) is 25.8 Å². The van der Waals surface area contributed by atoms with E-state index in [1.165, 1.54) is 18.4 Å². The van der Waals surface area contributed by atoms with E-state index in [1.54, 1.807) is 0 Å². The Hall–Kier alpha value is -1.81. The highest BCUT2D eigenvalue weighted by Gasteiger charge is 2.20. The number of aromatic nitrogens is 2. The van der Waals surface area contributed by atoms with Crippen molar-refractivity contribution in [1.29, 1.82) is 0 Å². The summed E-state index contributed by atoms with van der Waals surface area (Å²) in [5.41, 5.74) is 1.24. The maximum atomic E-state index is 5.93. The highest BCUT2D eigenvalue weighted by molar-refractivity contribution is 5.33. The molecule has 1 aromatic heterocycles. The summed E-state index contributed by atoms with van der Waals surface area (Å²) in [6.07, 6.45) is 6.42. The maximum Gasteiger partial charge on any atom is 0.123 e. The summed E-state index contributed by atoms with van der Waals surface area (Å²) in [6, 6.07) is 8.99. The van der Waals surface area contributed by atoms with Crippen molar-refractivity contribution >= 4 is 0 Å². The Kier molecular flexibility index (Phi) is 4.02. The molecule has 1 saturated carbocycles. The van der Waals surface area contributed by atoms with Crippen LogP contribution in [0.5, 0.6) is 5.75 Å². The molecule has 2 aromatic rings. The van der Waals surface area contributed by atoms with Crippen LogP contribution in [-0.4, -0.2) is 22.2 Å². The van der Waals surface area contributed by atoms with Crippen molar-refractivity contribution in [3.8, 4) is 5.75 Å². The van der Waals surface area contributed by atoms with E-state index in [2.05, 4.69) is 27.0 Å². The molecule has 4 heteroatoms. The summed E-state index contributed by atoms with van der Waals surface area (Å²) in [6.45, 7) is 4.40. The first-order valence-electron chi connectivity index (χ1n) is 7.25. The van der Waals surface area contributed by atoms with Crippen LogP contribution in [-0.2, 0) is 13.1 Å². The van der Waals surface area contributed by atoms with Gasteiger partial charge in [-0.2, -0.15) is 0 Å². The molecule has 1 heterocycles. The molecule has 1 fully saturated rings. The third kappa shape index (κ3) is 3.39. The molecule has 106 valence electrons. The normalized spacial score (nSPS) is 14.4. The SMILES string of the molecule is Cc1nccn1CCOc1ccccc1CNC1CC1. The highest BCUT2D eigenvalue weighted by atomic mass is 16.5. The maximum absolute atomic E-state index is 5.93. The summed E-state index contributed by atoms with van der Waals surface area (Å²) in [7, 11) is 0. The topological polar surface area (TPSA) is 39.1 Å². The third-order valence-electron chi connectivity index (χ3n) is 3.64. The van der Waals surface area contributed by atoms with Gasteiger partial charge in [-0.15, -0.1) is 0 Å². The van der Waals surface area contributed by atoms with Crippen molar-refractivity contribution in [1.82, 2.24) is 14.9 Å². The highest BCUT2D eigenvalue weighted by Crippen LogP contribution is 2.22. The molecular formula is C16H21N3O. The van der Waals surface area contributed by atoms with Crippen molar-refractivity contribution in [2.24, 2.45) is 0 Å². The van der Waals surface area contributed by atoms with Crippen LogP contribution < -0.4 is 10.1 Å². The van der Waals surface area contributed by atoms with E-state index in [1.807, 2.05) is 31.5 Å². The number of hydrogen-bond acceptors (Lipinski definition) is 3. The number of nitrogens with one attached hydrogen (secondary N) is 1. The number of aryl methyl sites for hydroxylation is 1. The van der Waals surface area contributed by atoms with Crippen molar-refractivity contribution < 1.29 is 4.74 Å². The van der Waals surface area contributed by atoms with Gasteiger partial charge >= 0.3 is 0 Å². The summed E-state index contributed by atoms with van der Waals surface area (Å²) in [5, 5.41) is 3.53. The average Bonchev–Trinajstić information content (AvgIpc) is 3.21. The quantitative estimate of drug-likeness (QED) is 0.841. The summed E-state index contributed by atoms with van der Waals surface area (Å²) >= 11 is 0. The first-order chi connectivity index (χ1) is 9.83. The second-order valence-electron chi connectivity index (χ2n) is 5.28. The largest absolute Gasteiger partial charge is 0.491 e. The minimum atomic E-state index is 0.664. The first-order valence-corrected chi connectivity index (χ1v) is 7.25. The van der Waals surface area contributed by atoms with E-state index in [4.69, 9.17) is 4.74 Å². The Labute approximate surface area is 119 Å². The molecule has 0 saturated heterocycles. The van der Waals surface area contributed by atoms with Crippen LogP contribution in [0.4, 0.5) is 0 Å². The molecule has 0 spiro atoms. The predicted molar refractivity (Wildman–Crippen MR) is 78.8 cm³/mol. The van der Waals surface area contributed by atoms with E-state index in [0.29, 0.717) is 6.61 Å². The average molecular weight is 271 g/mol. The molecule has 0 radical (unpaired) electrons. The van der Waals surface area contributed by atoms with Gasteiger partial charge < -0.3 is 14.6 Å². The van der Waals surface area contributed by atoms with Crippen molar-refractivity contribution in [2.75, 3.05) is 6.61 Å². The first kappa shape index (κ1) is 13.2. The minimum absolute atomic E-state index is 0.664. The Morgan fingerprint density at radius 2 is 2.20 bits per heavy atom. The molecule has 4 nitrogen and oxygen atoms in total. The lowest BCUT2D eigenvalue weighted by Gasteiger charge is -2.12. The minimum Gasteiger partial charge on any atom is -0.491 e. The zero-order valence-corrected chi connectivity index (χ0v) is 11.9. The Balaban J connectivity index is 1.54. The number of benzene rings is 1. The molecular weight excluding hydrogens is 250 g/mol. The van der Waals surface area contributed by atoms with E-state index in [0.717, 1.165) is 30.7 Å². The van der Waals surface area contributed by atoms with Crippen molar-refractivity contribution in [3.05, 3.63) is 48.0 Å². The molecule has 0 atom stereocenters. The number of ether oxygens (including phenoxy) is 1. The molecule has 1 aromatic carbocycles. The molecule has 0 amide bonds. The molecule has 3 rings (SSSR count). The number of hydrogen-bond donors (Lipinski definition) is 1. The van der Waals surface area contributed by atoms with Crippen LogP contribution >= 0.6 is 0 Å². The zero-order chi connectivity index (χ0) is 13.8. The second-order valence-corrected chi connectivity index (χ2v) is 5.28. The Morgan fingerprint density at radius 3 is 2.95 bits per heavy atom. The van der Waals surface area contributed by atoms with Gasteiger partial charge in [0.15, 0.2) is 0 Å². The summed E-state index contributed by atoms with van der Waals surface area (Å²) in [4.78, 5) is 4.21. The number of imidazole rings is 1. The van der Waals surface area contributed by atoms with Gasteiger partial charge in [-0.3, -0.25) is 0 Å². The predicted octanol–water partition coefficient (Wildman–Crippen LogP) is 2.52. The van der Waals surface area contributed by atoms with E-state index in [-0.39, 0.29) is 0 Å². The van der Waals surface area contributed by atoms with Gasteiger partial charge in [0.05, 0.1) is 6.54 Å². The fourth-order valence-corrected chi connectivity index (χ4v) is 2.23. The molecule has 1 aliphatic rings. The Morgan fingerprint density at radius 1 is 1.35 bits per heavy atom. The van der Waals surface area contributed by atoms with Gasteiger partial charge in [-0.1, -0.05) is 18.2 Å². The third-order valence-corrected chi connectivity index (χ3v) is 3.64. The van der Waals surface area contributed by atoms with Gasteiger partial charge in [-0.25, -0.2) is 4.98 Å². The number of nitrogens with zero attached hydrogens (tertiary/aromatic N) is 2. The summed E-state index contributed by atoms with van der Waals surface area (Å²) in [5.74, 6) is 2.01. The Bertz CT molecular complexity index is 560. The van der Waals surface area contributed by atoms with E-state index in [9.17, 15) is 0 Å². The number of rotatable bonds is 7. The second kappa shape index (κ2) is 6.09. The van der Waals surface area contributed by atoms with Gasteiger partial charge in [0, 0.05) is 30.5 Å². The lowest BCUT2D eigenvalue weighted by atomic mass is 10.2.